The lowest BCUT2D eigenvalue weighted by atomic mass is 9.97. The Morgan fingerprint density at radius 1 is 1.06 bits per heavy atom. The summed E-state index contributed by atoms with van der Waals surface area (Å²) in [5.41, 5.74) is 3.86. The van der Waals surface area contributed by atoms with E-state index in [9.17, 15) is 9.59 Å². The number of benzene rings is 2. The summed E-state index contributed by atoms with van der Waals surface area (Å²) < 4.78 is 0. The molecule has 2 amide bonds. The van der Waals surface area contributed by atoms with Gasteiger partial charge in [0.25, 0.3) is 5.91 Å². The first kappa shape index (κ1) is 22.1. The summed E-state index contributed by atoms with van der Waals surface area (Å²) in [4.78, 5) is 31.1. The second kappa shape index (κ2) is 10.0. The van der Waals surface area contributed by atoms with Crippen LogP contribution in [0.5, 0.6) is 0 Å². The van der Waals surface area contributed by atoms with E-state index < -0.39 is 0 Å². The van der Waals surface area contributed by atoms with E-state index >= 15 is 0 Å². The first-order valence-corrected chi connectivity index (χ1v) is 11.9. The number of rotatable bonds is 10. The number of amides is 2. The number of unbranched alkanes of at least 4 members (excludes halogenated alkanes) is 3. The Labute approximate surface area is 190 Å². The maximum absolute atomic E-state index is 13.3. The van der Waals surface area contributed by atoms with Gasteiger partial charge in [0.1, 0.15) is 0 Å². The van der Waals surface area contributed by atoms with Crippen molar-refractivity contribution < 1.29 is 9.59 Å². The molecule has 5 heteroatoms. The van der Waals surface area contributed by atoms with E-state index in [2.05, 4.69) is 30.2 Å². The molecule has 2 heterocycles. The Morgan fingerprint density at radius 3 is 2.69 bits per heavy atom. The van der Waals surface area contributed by atoms with Crippen molar-refractivity contribution >= 4 is 22.7 Å². The van der Waals surface area contributed by atoms with Gasteiger partial charge in [0.05, 0.1) is 6.04 Å². The summed E-state index contributed by atoms with van der Waals surface area (Å²) in [5.74, 6) is 0.00530. The van der Waals surface area contributed by atoms with Gasteiger partial charge in [0, 0.05) is 47.2 Å². The molecule has 0 aliphatic carbocycles. The summed E-state index contributed by atoms with van der Waals surface area (Å²) in [5, 5.41) is 4.22. The van der Waals surface area contributed by atoms with Crippen LogP contribution >= 0.6 is 0 Å². The molecule has 0 saturated heterocycles. The molecule has 5 nitrogen and oxygen atoms in total. The second-order valence-electron chi connectivity index (χ2n) is 8.85. The van der Waals surface area contributed by atoms with Gasteiger partial charge in [-0.05, 0) is 31.0 Å². The highest BCUT2D eigenvalue weighted by atomic mass is 16.2. The highest BCUT2D eigenvalue weighted by Gasteiger charge is 2.38. The number of nitrogens with zero attached hydrogens (tertiary/aromatic N) is 1. The van der Waals surface area contributed by atoms with Gasteiger partial charge in [0.2, 0.25) is 5.91 Å². The maximum atomic E-state index is 13.3. The number of hydrogen-bond donors (Lipinski definition) is 2. The molecule has 2 aromatic carbocycles. The normalized spacial score (nSPS) is 16.4. The van der Waals surface area contributed by atoms with E-state index in [4.69, 9.17) is 0 Å². The molecule has 1 aromatic heterocycles. The number of H-pyrrole nitrogens is 1. The van der Waals surface area contributed by atoms with Crippen molar-refractivity contribution in [1.82, 2.24) is 15.2 Å². The first-order chi connectivity index (χ1) is 15.6. The first-order valence-electron chi connectivity index (χ1n) is 11.9. The van der Waals surface area contributed by atoms with Crippen LogP contribution in [0.25, 0.3) is 10.9 Å². The minimum atomic E-state index is -0.186. The average molecular weight is 432 g/mol. The van der Waals surface area contributed by atoms with E-state index in [1.54, 1.807) is 0 Å². The number of aromatic amines is 1. The molecule has 0 radical (unpaired) electrons. The number of aromatic nitrogens is 1. The molecular formula is C27H33N3O2. The lowest BCUT2D eigenvalue weighted by molar-refractivity contribution is -0.122. The van der Waals surface area contributed by atoms with Crippen LogP contribution in [0.2, 0.25) is 0 Å². The average Bonchev–Trinajstić information content (AvgIpc) is 3.34. The lowest BCUT2D eigenvalue weighted by Gasteiger charge is -2.25. The molecule has 32 heavy (non-hydrogen) atoms. The van der Waals surface area contributed by atoms with Crippen LogP contribution < -0.4 is 5.32 Å². The summed E-state index contributed by atoms with van der Waals surface area (Å²) in [6, 6.07) is 15.9. The van der Waals surface area contributed by atoms with Crippen LogP contribution in [0.1, 0.15) is 79.9 Å². The molecule has 1 aliphatic rings. The minimum absolute atomic E-state index is 0.00343. The fourth-order valence-corrected chi connectivity index (χ4v) is 4.77. The lowest BCUT2D eigenvalue weighted by Crippen LogP contribution is -2.37. The van der Waals surface area contributed by atoms with E-state index in [1.807, 2.05) is 53.6 Å². The third kappa shape index (κ3) is 4.57. The standard InChI is InChI=1S/C27H33N3O2/c1-3-4-5-6-11-19(2)29-25(31)16-17-30-26(21-13-7-8-14-22(21)27(30)32)23-18-28-24-15-10-9-12-20(23)24/h7-10,12-15,18-19,26,28H,3-6,11,16-17H2,1-2H3,(H,29,31). The van der Waals surface area contributed by atoms with E-state index in [0.29, 0.717) is 13.0 Å². The topological polar surface area (TPSA) is 65.2 Å². The Kier molecular flexibility index (Phi) is 6.93. The van der Waals surface area contributed by atoms with Gasteiger partial charge < -0.3 is 15.2 Å². The quantitative estimate of drug-likeness (QED) is 0.412. The summed E-state index contributed by atoms with van der Waals surface area (Å²) >= 11 is 0. The Morgan fingerprint density at radius 2 is 1.84 bits per heavy atom. The third-order valence-electron chi connectivity index (χ3n) is 6.45. The van der Waals surface area contributed by atoms with Crippen molar-refractivity contribution in [2.45, 2.75) is 64.5 Å². The Hall–Kier alpha value is -3.08. The minimum Gasteiger partial charge on any atom is -0.361 e. The molecule has 168 valence electrons. The number of fused-ring (bicyclic) bond motifs is 2. The fraction of sp³-hybridized carbons (Fsp3) is 0.407. The Bertz CT molecular complexity index is 1090. The number of para-hydroxylation sites is 1. The maximum Gasteiger partial charge on any atom is 0.255 e. The highest BCUT2D eigenvalue weighted by Crippen LogP contribution is 2.41. The number of hydrogen-bond acceptors (Lipinski definition) is 2. The van der Waals surface area contributed by atoms with Crippen LogP contribution in [0.3, 0.4) is 0 Å². The van der Waals surface area contributed by atoms with E-state index in [-0.39, 0.29) is 23.9 Å². The van der Waals surface area contributed by atoms with E-state index in [0.717, 1.165) is 40.4 Å². The molecule has 1 aliphatic heterocycles. The van der Waals surface area contributed by atoms with Gasteiger partial charge in [-0.1, -0.05) is 69.0 Å². The molecular weight excluding hydrogens is 398 g/mol. The largest absolute Gasteiger partial charge is 0.361 e. The van der Waals surface area contributed by atoms with E-state index in [1.165, 1.54) is 19.3 Å². The second-order valence-corrected chi connectivity index (χ2v) is 8.85. The van der Waals surface area contributed by atoms with Crippen LogP contribution in [-0.4, -0.2) is 34.3 Å². The summed E-state index contributed by atoms with van der Waals surface area (Å²) in [7, 11) is 0. The molecule has 0 bridgehead atoms. The van der Waals surface area contributed by atoms with Crippen molar-refractivity contribution in [1.29, 1.82) is 0 Å². The number of carbonyl (C=O) groups excluding carboxylic acids is 2. The molecule has 0 saturated carbocycles. The van der Waals surface area contributed by atoms with Crippen molar-refractivity contribution in [2.24, 2.45) is 0 Å². The fourth-order valence-electron chi connectivity index (χ4n) is 4.77. The van der Waals surface area contributed by atoms with Gasteiger partial charge >= 0.3 is 0 Å². The number of nitrogens with one attached hydrogen (secondary N) is 2. The zero-order valence-corrected chi connectivity index (χ0v) is 19.1. The zero-order valence-electron chi connectivity index (χ0n) is 19.1. The predicted octanol–water partition coefficient (Wildman–Crippen LogP) is 5.58. The van der Waals surface area contributed by atoms with Crippen molar-refractivity contribution in [3.63, 3.8) is 0 Å². The monoisotopic (exact) mass is 431 g/mol. The zero-order chi connectivity index (χ0) is 22.5. The van der Waals surface area contributed by atoms with Crippen LogP contribution in [0.15, 0.2) is 54.7 Å². The molecule has 2 N–H and O–H groups in total. The predicted molar refractivity (Wildman–Crippen MR) is 129 cm³/mol. The van der Waals surface area contributed by atoms with Crippen LogP contribution in [-0.2, 0) is 4.79 Å². The molecule has 2 atom stereocenters. The number of carbonyl (C=O) groups is 2. The Balaban J connectivity index is 1.48. The van der Waals surface area contributed by atoms with Crippen LogP contribution in [0, 0.1) is 0 Å². The van der Waals surface area contributed by atoms with Gasteiger partial charge in [-0.3, -0.25) is 9.59 Å². The molecule has 0 fully saturated rings. The molecule has 4 rings (SSSR count). The summed E-state index contributed by atoms with van der Waals surface area (Å²) in [6.45, 7) is 4.66. The SMILES string of the molecule is CCCCCCC(C)NC(=O)CCN1C(=O)c2ccccc2C1c1c[nH]c2ccccc12. The molecule has 3 aromatic rings. The highest BCUT2D eigenvalue weighted by molar-refractivity contribution is 6.01. The third-order valence-corrected chi connectivity index (χ3v) is 6.45. The van der Waals surface area contributed by atoms with Crippen molar-refractivity contribution in [3.8, 4) is 0 Å². The molecule has 0 spiro atoms. The van der Waals surface area contributed by atoms with Crippen molar-refractivity contribution in [3.05, 3.63) is 71.4 Å². The van der Waals surface area contributed by atoms with Crippen LogP contribution in [0.4, 0.5) is 0 Å². The van der Waals surface area contributed by atoms with Gasteiger partial charge in [-0.15, -0.1) is 0 Å². The molecule has 2 unspecified atom stereocenters. The van der Waals surface area contributed by atoms with Gasteiger partial charge in [0.15, 0.2) is 0 Å². The van der Waals surface area contributed by atoms with Crippen molar-refractivity contribution in [2.75, 3.05) is 6.54 Å². The summed E-state index contributed by atoms with van der Waals surface area (Å²) in [6.07, 6.45) is 8.10. The van der Waals surface area contributed by atoms with Gasteiger partial charge in [-0.2, -0.15) is 0 Å². The van der Waals surface area contributed by atoms with Gasteiger partial charge in [-0.25, -0.2) is 0 Å². The smallest absolute Gasteiger partial charge is 0.255 e.